The van der Waals surface area contributed by atoms with Crippen LogP contribution in [0.4, 0.5) is 15.8 Å². The highest BCUT2D eigenvalue weighted by molar-refractivity contribution is 6.51. The van der Waals surface area contributed by atoms with Crippen LogP contribution in [0.1, 0.15) is 22.7 Å². The summed E-state index contributed by atoms with van der Waals surface area (Å²) in [5, 5.41) is 11.3. The molecule has 1 unspecified atom stereocenters. The van der Waals surface area contributed by atoms with Gasteiger partial charge in [0, 0.05) is 25.5 Å². The van der Waals surface area contributed by atoms with Gasteiger partial charge in [-0.3, -0.25) is 14.5 Å². The van der Waals surface area contributed by atoms with Gasteiger partial charge in [0.05, 0.1) is 24.3 Å². The van der Waals surface area contributed by atoms with Crippen LogP contribution in [0, 0.1) is 12.7 Å². The highest BCUT2D eigenvalue weighted by atomic mass is 19.1. The lowest BCUT2D eigenvalue weighted by Gasteiger charge is -2.26. The second kappa shape index (κ2) is 9.02. The lowest BCUT2D eigenvalue weighted by Crippen LogP contribution is -2.29. The summed E-state index contributed by atoms with van der Waals surface area (Å²) in [5.74, 6) is -2.55. The molecule has 0 spiro atoms. The monoisotopic (exact) mass is 460 g/mol. The molecular formula is C27H25FN2O4. The fourth-order valence-electron chi connectivity index (χ4n) is 4.16. The van der Waals surface area contributed by atoms with E-state index in [1.807, 2.05) is 56.3 Å². The van der Waals surface area contributed by atoms with Gasteiger partial charge in [0.25, 0.3) is 11.7 Å². The van der Waals surface area contributed by atoms with Crippen molar-refractivity contribution in [2.24, 2.45) is 0 Å². The number of carbonyl (C=O) groups excluding carboxylic acids is 2. The van der Waals surface area contributed by atoms with Crippen molar-refractivity contribution in [3.05, 3.63) is 94.8 Å². The third kappa shape index (κ3) is 4.01. The number of ether oxygens (including phenoxy) is 1. The van der Waals surface area contributed by atoms with E-state index in [1.54, 1.807) is 18.2 Å². The van der Waals surface area contributed by atoms with Crippen LogP contribution in [-0.4, -0.2) is 38.0 Å². The van der Waals surface area contributed by atoms with E-state index in [2.05, 4.69) is 0 Å². The quantitative estimate of drug-likeness (QED) is 0.335. The number of ketones is 1. The normalized spacial score (nSPS) is 17.2. The topological polar surface area (TPSA) is 70.1 Å². The third-order valence-electron chi connectivity index (χ3n) is 5.87. The third-order valence-corrected chi connectivity index (χ3v) is 5.87. The Kier molecular flexibility index (Phi) is 6.11. The lowest BCUT2D eigenvalue weighted by molar-refractivity contribution is -0.132. The summed E-state index contributed by atoms with van der Waals surface area (Å²) in [7, 11) is 5.20. The molecule has 1 amide bonds. The summed E-state index contributed by atoms with van der Waals surface area (Å²) >= 11 is 0. The summed E-state index contributed by atoms with van der Waals surface area (Å²) in [6, 6.07) is 17.3. The Hall–Kier alpha value is -4.13. The van der Waals surface area contributed by atoms with E-state index in [0.717, 1.165) is 17.3 Å². The maximum Gasteiger partial charge on any atom is 0.300 e. The Labute approximate surface area is 197 Å². The van der Waals surface area contributed by atoms with E-state index in [9.17, 15) is 19.1 Å². The van der Waals surface area contributed by atoms with Crippen molar-refractivity contribution < 1.29 is 23.8 Å². The molecule has 3 aromatic rings. The van der Waals surface area contributed by atoms with Crippen molar-refractivity contribution in [1.29, 1.82) is 0 Å². The molecular weight excluding hydrogens is 435 g/mol. The average molecular weight is 461 g/mol. The van der Waals surface area contributed by atoms with Crippen molar-refractivity contribution in [3.8, 4) is 5.75 Å². The lowest BCUT2D eigenvalue weighted by atomic mass is 9.94. The van der Waals surface area contributed by atoms with Crippen molar-refractivity contribution in [1.82, 2.24) is 0 Å². The van der Waals surface area contributed by atoms with Crippen molar-refractivity contribution in [2.45, 2.75) is 13.0 Å². The molecule has 1 fully saturated rings. The van der Waals surface area contributed by atoms with E-state index in [0.29, 0.717) is 11.3 Å². The number of hydrogen-bond acceptors (Lipinski definition) is 5. The Bertz CT molecular complexity index is 1300. The molecule has 0 bridgehead atoms. The van der Waals surface area contributed by atoms with Crippen LogP contribution in [0.2, 0.25) is 0 Å². The van der Waals surface area contributed by atoms with Crippen LogP contribution in [-0.2, 0) is 9.59 Å². The second-order valence-corrected chi connectivity index (χ2v) is 8.34. The zero-order chi connectivity index (χ0) is 24.6. The number of aryl methyl sites for hydroxylation is 1. The fraction of sp³-hybridized carbons (Fsp3) is 0.185. The van der Waals surface area contributed by atoms with Crippen LogP contribution in [0.15, 0.2) is 72.3 Å². The number of nitrogens with zero attached hydrogens (tertiary/aromatic N) is 2. The highest BCUT2D eigenvalue weighted by Crippen LogP contribution is 2.43. The van der Waals surface area contributed by atoms with Crippen molar-refractivity contribution >= 4 is 28.8 Å². The van der Waals surface area contributed by atoms with E-state index >= 15 is 0 Å². The number of methoxy groups -OCH3 is 1. The zero-order valence-corrected chi connectivity index (χ0v) is 19.4. The Morgan fingerprint density at radius 1 is 1.03 bits per heavy atom. The predicted octanol–water partition coefficient (Wildman–Crippen LogP) is 4.84. The van der Waals surface area contributed by atoms with Gasteiger partial charge >= 0.3 is 0 Å². The average Bonchev–Trinajstić information content (AvgIpc) is 3.09. The minimum atomic E-state index is -0.911. The van der Waals surface area contributed by atoms with Gasteiger partial charge in [0.15, 0.2) is 0 Å². The van der Waals surface area contributed by atoms with E-state index in [-0.39, 0.29) is 16.9 Å². The molecule has 1 saturated heterocycles. The van der Waals surface area contributed by atoms with Gasteiger partial charge in [-0.05, 0) is 60.5 Å². The second-order valence-electron chi connectivity index (χ2n) is 8.34. The van der Waals surface area contributed by atoms with Gasteiger partial charge in [-0.2, -0.15) is 0 Å². The van der Waals surface area contributed by atoms with E-state index < -0.39 is 29.3 Å². The number of anilines is 2. The predicted molar refractivity (Wildman–Crippen MR) is 130 cm³/mol. The molecule has 1 atom stereocenters. The van der Waals surface area contributed by atoms with Gasteiger partial charge in [-0.15, -0.1) is 0 Å². The number of benzene rings is 3. The number of amides is 1. The Balaban J connectivity index is 1.97. The van der Waals surface area contributed by atoms with Gasteiger partial charge < -0.3 is 14.7 Å². The number of aliphatic hydroxyl groups is 1. The minimum absolute atomic E-state index is 0.000320. The van der Waals surface area contributed by atoms with Gasteiger partial charge in [0.1, 0.15) is 17.3 Å². The first-order valence-electron chi connectivity index (χ1n) is 10.7. The van der Waals surface area contributed by atoms with Crippen molar-refractivity contribution in [2.75, 3.05) is 31.0 Å². The van der Waals surface area contributed by atoms with Gasteiger partial charge in [-0.25, -0.2) is 4.39 Å². The summed E-state index contributed by atoms with van der Waals surface area (Å²) < 4.78 is 19.4. The number of aliphatic hydroxyl groups excluding tert-OH is 1. The molecule has 1 heterocycles. The van der Waals surface area contributed by atoms with E-state index in [1.165, 1.54) is 24.1 Å². The first-order chi connectivity index (χ1) is 16.2. The molecule has 34 heavy (non-hydrogen) atoms. The molecule has 0 radical (unpaired) electrons. The van der Waals surface area contributed by atoms with Crippen LogP contribution in [0.25, 0.3) is 5.76 Å². The maximum absolute atomic E-state index is 14.1. The van der Waals surface area contributed by atoms with Crippen LogP contribution >= 0.6 is 0 Å². The molecule has 174 valence electrons. The van der Waals surface area contributed by atoms with E-state index in [4.69, 9.17) is 4.74 Å². The number of hydrogen-bond donors (Lipinski definition) is 1. The summed E-state index contributed by atoms with van der Waals surface area (Å²) in [4.78, 5) is 29.8. The van der Waals surface area contributed by atoms with Crippen LogP contribution in [0.3, 0.4) is 0 Å². The first kappa shape index (κ1) is 23.0. The van der Waals surface area contributed by atoms with Crippen LogP contribution in [0.5, 0.6) is 5.75 Å². The summed E-state index contributed by atoms with van der Waals surface area (Å²) in [5.41, 5.74) is 2.86. The molecule has 0 saturated carbocycles. The molecule has 4 rings (SSSR count). The zero-order valence-electron chi connectivity index (χ0n) is 19.4. The molecule has 0 aromatic heterocycles. The minimum Gasteiger partial charge on any atom is -0.507 e. The van der Waals surface area contributed by atoms with Gasteiger partial charge in [0.2, 0.25) is 0 Å². The highest BCUT2D eigenvalue weighted by Gasteiger charge is 2.47. The number of Topliss-reactive ketones (excluding diaryl/α,β-unsaturated/α-hetero) is 1. The molecule has 7 heteroatoms. The molecule has 1 aliphatic heterocycles. The molecule has 1 N–H and O–H groups in total. The Morgan fingerprint density at radius 3 is 2.35 bits per heavy atom. The van der Waals surface area contributed by atoms with Gasteiger partial charge in [-0.1, -0.05) is 24.3 Å². The number of rotatable bonds is 5. The van der Waals surface area contributed by atoms with Crippen molar-refractivity contribution in [3.63, 3.8) is 0 Å². The Morgan fingerprint density at radius 2 is 1.74 bits per heavy atom. The molecule has 3 aromatic carbocycles. The smallest absolute Gasteiger partial charge is 0.300 e. The molecule has 0 aliphatic carbocycles. The number of carbonyl (C=O) groups is 2. The number of halogens is 1. The largest absolute Gasteiger partial charge is 0.507 e. The fourth-order valence-corrected chi connectivity index (χ4v) is 4.16. The van der Waals surface area contributed by atoms with Crippen LogP contribution < -0.4 is 14.5 Å². The standard InChI is InChI=1S/C27H25FN2O4/c1-16-6-5-7-20(14-16)30-24(17-8-11-19(12-9-17)29(2)3)23(26(32)27(30)33)25(31)21-15-18(28)10-13-22(21)34-4/h5-15,24,31H,1-4H3/b25-23+. The summed E-state index contributed by atoms with van der Waals surface area (Å²) in [6.07, 6.45) is 0. The maximum atomic E-state index is 14.1. The summed E-state index contributed by atoms with van der Waals surface area (Å²) in [6.45, 7) is 1.89. The molecule has 1 aliphatic rings. The first-order valence-corrected chi connectivity index (χ1v) is 10.7. The SMILES string of the molecule is COc1ccc(F)cc1/C(O)=C1\C(=O)C(=O)N(c2cccc(C)c2)C1c1ccc(N(C)C)cc1. The molecule has 6 nitrogen and oxygen atoms in total.